The maximum Gasteiger partial charge on any atom is 0.254 e. The number of methoxy groups -OCH3 is 1. The van der Waals surface area contributed by atoms with Gasteiger partial charge in [0.25, 0.3) is 5.91 Å². The highest BCUT2D eigenvalue weighted by molar-refractivity contribution is 6.31. The number of aromatic nitrogens is 4. The van der Waals surface area contributed by atoms with Crippen molar-refractivity contribution in [2.24, 2.45) is 0 Å². The fourth-order valence-corrected chi connectivity index (χ4v) is 3.69. The Morgan fingerprint density at radius 2 is 1.91 bits per heavy atom. The van der Waals surface area contributed by atoms with Gasteiger partial charge >= 0.3 is 0 Å². The Balaban J connectivity index is 1.79. The average molecular weight is 448 g/mol. The van der Waals surface area contributed by atoms with E-state index in [1.807, 2.05) is 55.5 Å². The van der Waals surface area contributed by atoms with Crippen LogP contribution in [0.2, 0.25) is 5.02 Å². The molecule has 0 spiro atoms. The highest BCUT2D eigenvalue weighted by atomic mass is 35.5. The van der Waals surface area contributed by atoms with Gasteiger partial charge in [0, 0.05) is 29.2 Å². The van der Waals surface area contributed by atoms with Gasteiger partial charge in [-0.15, -0.1) is 5.10 Å². The van der Waals surface area contributed by atoms with Gasteiger partial charge in [-0.1, -0.05) is 41.9 Å². The van der Waals surface area contributed by atoms with Crippen LogP contribution in [0.3, 0.4) is 0 Å². The van der Waals surface area contributed by atoms with Crippen LogP contribution in [0.5, 0.6) is 5.75 Å². The summed E-state index contributed by atoms with van der Waals surface area (Å²) in [6.45, 7) is 3.05. The van der Waals surface area contributed by atoms with E-state index in [0.717, 1.165) is 16.7 Å². The van der Waals surface area contributed by atoms with Gasteiger partial charge < -0.3 is 9.64 Å². The third kappa shape index (κ3) is 4.63. The van der Waals surface area contributed by atoms with Crippen molar-refractivity contribution < 1.29 is 9.53 Å². The van der Waals surface area contributed by atoms with Crippen LogP contribution in [0.4, 0.5) is 0 Å². The summed E-state index contributed by atoms with van der Waals surface area (Å²) in [5.74, 6) is 0.562. The quantitative estimate of drug-likeness (QED) is 0.412. The first-order chi connectivity index (χ1) is 15.6. The average Bonchev–Trinajstić information content (AvgIpc) is 3.37. The summed E-state index contributed by atoms with van der Waals surface area (Å²) in [6.07, 6.45) is 1.49. The number of carbonyl (C=O) groups is 1. The molecule has 4 rings (SSSR count). The number of ether oxygens (including phenoxy) is 1. The molecule has 1 amide bonds. The number of tetrazole rings is 1. The minimum absolute atomic E-state index is 0.0893. The van der Waals surface area contributed by atoms with Gasteiger partial charge in [-0.05, 0) is 64.9 Å². The Bertz CT molecular complexity index is 1210. The number of halogens is 1. The summed E-state index contributed by atoms with van der Waals surface area (Å²) in [6, 6.07) is 20.8. The molecule has 8 heteroatoms. The van der Waals surface area contributed by atoms with E-state index >= 15 is 0 Å². The fourth-order valence-electron chi connectivity index (χ4n) is 3.52. The first kappa shape index (κ1) is 21.5. The standard InChI is InChI=1S/C24H22ClN5O2/c1-3-29(15-17-7-5-4-6-8-17)24(31)19-11-18(12-21(13-19)30-16-26-27-28-30)22-14-20(25)9-10-23(22)32-2/h4-14,16H,3,15H2,1-2H3. The van der Waals surface area contributed by atoms with Gasteiger partial charge in [0.1, 0.15) is 12.1 Å². The topological polar surface area (TPSA) is 73.1 Å². The van der Waals surface area contributed by atoms with E-state index in [9.17, 15) is 4.79 Å². The first-order valence-corrected chi connectivity index (χ1v) is 10.5. The smallest absolute Gasteiger partial charge is 0.254 e. The van der Waals surface area contributed by atoms with E-state index < -0.39 is 0 Å². The molecule has 0 bridgehead atoms. The number of nitrogens with zero attached hydrogens (tertiary/aromatic N) is 5. The molecule has 0 N–H and O–H groups in total. The molecule has 0 aliphatic rings. The SMILES string of the molecule is CCN(Cc1ccccc1)C(=O)c1cc(-c2cc(Cl)ccc2OC)cc(-n2cnnn2)c1. The van der Waals surface area contributed by atoms with Gasteiger partial charge in [-0.2, -0.15) is 0 Å². The van der Waals surface area contributed by atoms with E-state index in [-0.39, 0.29) is 5.91 Å². The van der Waals surface area contributed by atoms with Crippen LogP contribution < -0.4 is 4.74 Å². The molecule has 3 aromatic carbocycles. The molecule has 0 radical (unpaired) electrons. The van der Waals surface area contributed by atoms with Crippen LogP contribution in [0.1, 0.15) is 22.8 Å². The Hall–Kier alpha value is -3.71. The van der Waals surface area contributed by atoms with Crippen molar-refractivity contribution in [1.82, 2.24) is 25.1 Å². The van der Waals surface area contributed by atoms with Gasteiger partial charge in [-0.3, -0.25) is 4.79 Å². The molecule has 0 unspecified atom stereocenters. The van der Waals surface area contributed by atoms with Crippen LogP contribution in [0.15, 0.2) is 73.1 Å². The number of hydrogen-bond donors (Lipinski definition) is 0. The van der Waals surface area contributed by atoms with E-state index in [1.165, 1.54) is 11.0 Å². The van der Waals surface area contributed by atoms with Crippen molar-refractivity contribution in [1.29, 1.82) is 0 Å². The molecule has 0 fully saturated rings. The summed E-state index contributed by atoms with van der Waals surface area (Å²) < 4.78 is 7.05. The molecule has 0 saturated carbocycles. The zero-order valence-electron chi connectivity index (χ0n) is 17.8. The van der Waals surface area contributed by atoms with Crippen LogP contribution >= 0.6 is 11.6 Å². The van der Waals surface area contributed by atoms with Crippen LogP contribution in [-0.2, 0) is 6.54 Å². The molecule has 7 nitrogen and oxygen atoms in total. The van der Waals surface area contributed by atoms with Crippen LogP contribution in [0.25, 0.3) is 16.8 Å². The maximum absolute atomic E-state index is 13.5. The maximum atomic E-state index is 13.5. The fraction of sp³-hybridized carbons (Fsp3) is 0.167. The van der Waals surface area contributed by atoms with Crippen molar-refractivity contribution in [2.75, 3.05) is 13.7 Å². The number of amides is 1. The minimum Gasteiger partial charge on any atom is -0.496 e. The van der Waals surface area contributed by atoms with Gasteiger partial charge in [0.15, 0.2) is 0 Å². The number of benzene rings is 3. The second-order valence-corrected chi connectivity index (χ2v) is 7.61. The Kier molecular flexibility index (Phi) is 6.47. The molecule has 0 aliphatic heterocycles. The van der Waals surface area contributed by atoms with Crippen molar-refractivity contribution in [2.45, 2.75) is 13.5 Å². The molecule has 4 aromatic rings. The lowest BCUT2D eigenvalue weighted by Gasteiger charge is -2.22. The predicted octanol–water partition coefficient (Wildman–Crippen LogP) is 4.65. The molecule has 0 saturated heterocycles. The summed E-state index contributed by atoms with van der Waals surface area (Å²) in [4.78, 5) is 15.3. The zero-order valence-corrected chi connectivity index (χ0v) is 18.5. The van der Waals surface area contributed by atoms with E-state index in [0.29, 0.717) is 35.1 Å². The number of carbonyl (C=O) groups excluding carboxylic acids is 1. The number of hydrogen-bond acceptors (Lipinski definition) is 5. The predicted molar refractivity (Wildman–Crippen MR) is 123 cm³/mol. The largest absolute Gasteiger partial charge is 0.496 e. The molecule has 1 heterocycles. The molecule has 162 valence electrons. The highest BCUT2D eigenvalue weighted by Gasteiger charge is 2.19. The van der Waals surface area contributed by atoms with Gasteiger partial charge in [0.05, 0.1) is 12.8 Å². The number of rotatable bonds is 7. The summed E-state index contributed by atoms with van der Waals surface area (Å²) in [5, 5.41) is 12.0. The normalized spacial score (nSPS) is 10.7. The Morgan fingerprint density at radius 3 is 2.59 bits per heavy atom. The Labute approximate surface area is 191 Å². The first-order valence-electron chi connectivity index (χ1n) is 10.1. The molecular weight excluding hydrogens is 426 g/mol. The van der Waals surface area contributed by atoms with Gasteiger partial charge in [0.2, 0.25) is 0 Å². The lowest BCUT2D eigenvalue weighted by molar-refractivity contribution is 0.0752. The zero-order chi connectivity index (χ0) is 22.5. The lowest BCUT2D eigenvalue weighted by Crippen LogP contribution is -2.30. The van der Waals surface area contributed by atoms with E-state index in [4.69, 9.17) is 16.3 Å². The van der Waals surface area contributed by atoms with Crippen LogP contribution in [-0.4, -0.2) is 44.7 Å². The second-order valence-electron chi connectivity index (χ2n) is 7.17. The van der Waals surface area contributed by atoms with Crippen LogP contribution in [0, 0.1) is 0 Å². The monoisotopic (exact) mass is 447 g/mol. The highest BCUT2D eigenvalue weighted by Crippen LogP contribution is 2.34. The lowest BCUT2D eigenvalue weighted by atomic mass is 10.00. The molecule has 1 aromatic heterocycles. The minimum atomic E-state index is -0.0893. The second kappa shape index (κ2) is 9.62. The summed E-state index contributed by atoms with van der Waals surface area (Å²) in [5.41, 5.74) is 3.80. The third-order valence-corrected chi connectivity index (χ3v) is 5.37. The molecule has 0 atom stereocenters. The molecular formula is C24H22ClN5O2. The third-order valence-electron chi connectivity index (χ3n) is 5.14. The Morgan fingerprint density at radius 1 is 1.09 bits per heavy atom. The molecule has 32 heavy (non-hydrogen) atoms. The van der Waals surface area contributed by atoms with Crippen molar-refractivity contribution in [3.05, 3.63) is 89.2 Å². The van der Waals surface area contributed by atoms with Crippen molar-refractivity contribution in [3.63, 3.8) is 0 Å². The summed E-state index contributed by atoms with van der Waals surface area (Å²) >= 11 is 6.26. The van der Waals surface area contributed by atoms with Crippen molar-refractivity contribution >= 4 is 17.5 Å². The summed E-state index contributed by atoms with van der Waals surface area (Å²) in [7, 11) is 1.60. The molecule has 0 aliphatic carbocycles. The van der Waals surface area contributed by atoms with Gasteiger partial charge in [-0.25, -0.2) is 4.68 Å². The van der Waals surface area contributed by atoms with E-state index in [1.54, 1.807) is 30.2 Å². The van der Waals surface area contributed by atoms with E-state index in [2.05, 4.69) is 15.5 Å². The van der Waals surface area contributed by atoms with Crippen molar-refractivity contribution in [3.8, 4) is 22.6 Å².